The number of rotatable bonds is 1. The molecule has 1 aromatic carbocycles. The molecule has 1 aromatic rings. The Morgan fingerprint density at radius 3 is 2.67 bits per heavy atom. The van der Waals surface area contributed by atoms with E-state index in [0.29, 0.717) is 17.5 Å². The number of nitrogens with zero attached hydrogens (tertiary/aromatic N) is 1. The van der Waals surface area contributed by atoms with E-state index < -0.39 is 11.7 Å². The fourth-order valence-corrected chi connectivity index (χ4v) is 1.65. The molecule has 0 bridgehead atoms. The summed E-state index contributed by atoms with van der Waals surface area (Å²) in [5, 5.41) is 0. The van der Waals surface area contributed by atoms with Gasteiger partial charge in [0.05, 0.1) is 11.6 Å². The van der Waals surface area contributed by atoms with Gasteiger partial charge in [-0.1, -0.05) is 6.07 Å². The van der Waals surface area contributed by atoms with Gasteiger partial charge in [0, 0.05) is 6.42 Å². The van der Waals surface area contributed by atoms with E-state index in [4.69, 9.17) is 0 Å². The minimum Gasteiger partial charge on any atom is -0.211 e. The third-order valence-electron chi connectivity index (χ3n) is 2.45. The zero-order valence-electron chi connectivity index (χ0n) is 7.51. The van der Waals surface area contributed by atoms with Gasteiger partial charge in [0.25, 0.3) is 0 Å². The molecule has 1 aliphatic carbocycles. The number of benzene rings is 1. The van der Waals surface area contributed by atoms with Crippen LogP contribution in [0.25, 0.3) is 0 Å². The maximum Gasteiger partial charge on any atom is 0.416 e. The Balaban J connectivity index is 2.33. The Kier molecular flexibility index (Phi) is 2.12. The van der Waals surface area contributed by atoms with Gasteiger partial charge in [-0.2, -0.15) is 18.2 Å². The summed E-state index contributed by atoms with van der Waals surface area (Å²) in [4.78, 5) is 13.4. The summed E-state index contributed by atoms with van der Waals surface area (Å²) in [6, 6.07) is 3.17. The van der Waals surface area contributed by atoms with Crippen LogP contribution in [0.4, 0.5) is 13.2 Å². The van der Waals surface area contributed by atoms with Crippen LogP contribution in [-0.2, 0) is 17.4 Å². The lowest BCUT2D eigenvalue weighted by atomic mass is 9.82. The summed E-state index contributed by atoms with van der Waals surface area (Å²) in [7, 11) is 0. The number of isocyanates is 1. The third-order valence-corrected chi connectivity index (χ3v) is 2.45. The first kappa shape index (κ1) is 9.93. The summed E-state index contributed by atoms with van der Waals surface area (Å²) in [6.45, 7) is 0. The number of halogens is 3. The average molecular weight is 213 g/mol. The highest BCUT2D eigenvalue weighted by Crippen LogP contribution is 2.39. The van der Waals surface area contributed by atoms with Crippen LogP contribution in [0.3, 0.4) is 0 Å². The first-order chi connectivity index (χ1) is 7.02. The van der Waals surface area contributed by atoms with Crippen molar-refractivity contribution in [1.82, 2.24) is 0 Å². The maximum absolute atomic E-state index is 12.3. The molecule has 5 heteroatoms. The second-order valence-corrected chi connectivity index (χ2v) is 3.35. The van der Waals surface area contributed by atoms with Gasteiger partial charge in [-0.3, -0.25) is 0 Å². The van der Waals surface area contributed by atoms with Crippen molar-refractivity contribution >= 4 is 6.08 Å². The van der Waals surface area contributed by atoms with Crippen LogP contribution in [-0.4, -0.2) is 6.08 Å². The highest BCUT2D eigenvalue weighted by atomic mass is 19.4. The molecule has 78 valence electrons. The summed E-state index contributed by atoms with van der Waals surface area (Å²) in [6.07, 6.45) is -2.52. The molecule has 0 heterocycles. The molecule has 1 unspecified atom stereocenters. The standard InChI is InChI=1S/C10H6F3NO/c11-10(12,13)7-1-2-8-6(3-7)4-9(8)14-5-15/h1-3,9H,4H2. The molecule has 0 saturated heterocycles. The monoisotopic (exact) mass is 213 g/mol. The largest absolute Gasteiger partial charge is 0.416 e. The molecule has 0 fully saturated rings. The summed E-state index contributed by atoms with van der Waals surface area (Å²) >= 11 is 0. The molecular weight excluding hydrogens is 207 g/mol. The predicted molar refractivity (Wildman–Crippen MR) is 46.0 cm³/mol. The molecule has 1 aliphatic rings. The lowest BCUT2D eigenvalue weighted by molar-refractivity contribution is -0.137. The quantitative estimate of drug-likeness (QED) is 0.520. The Labute approximate surface area is 83.4 Å². The molecule has 2 rings (SSSR count). The van der Waals surface area contributed by atoms with Gasteiger partial charge in [0.1, 0.15) is 0 Å². The van der Waals surface area contributed by atoms with E-state index >= 15 is 0 Å². The first-order valence-corrected chi connectivity index (χ1v) is 4.29. The van der Waals surface area contributed by atoms with Crippen molar-refractivity contribution in [3.8, 4) is 0 Å². The molecule has 0 N–H and O–H groups in total. The number of hydrogen-bond acceptors (Lipinski definition) is 2. The van der Waals surface area contributed by atoms with Gasteiger partial charge in [-0.05, 0) is 23.3 Å². The SMILES string of the molecule is O=C=NC1Cc2cc(C(F)(F)F)ccc21. The van der Waals surface area contributed by atoms with Crippen molar-refractivity contribution in [2.45, 2.75) is 18.6 Å². The molecule has 0 radical (unpaired) electrons. The van der Waals surface area contributed by atoms with Crippen LogP contribution in [0.15, 0.2) is 23.2 Å². The van der Waals surface area contributed by atoms with Crippen LogP contribution < -0.4 is 0 Å². The number of aliphatic imine (C=N–C) groups is 1. The highest BCUT2D eigenvalue weighted by Gasteiger charge is 2.34. The van der Waals surface area contributed by atoms with Crippen molar-refractivity contribution < 1.29 is 18.0 Å². The molecule has 2 nitrogen and oxygen atoms in total. The average Bonchev–Trinajstić information content (AvgIpc) is 2.12. The fraction of sp³-hybridized carbons (Fsp3) is 0.300. The van der Waals surface area contributed by atoms with Gasteiger partial charge in [0.15, 0.2) is 0 Å². The number of fused-ring (bicyclic) bond motifs is 1. The molecule has 0 aromatic heterocycles. The van der Waals surface area contributed by atoms with Gasteiger partial charge in [0.2, 0.25) is 6.08 Å². The van der Waals surface area contributed by atoms with E-state index in [1.54, 1.807) is 0 Å². The topological polar surface area (TPSA) is 29.4 Å². The Morgan fingerprint density at radius 1 is 1.40 bits per heavy atom. The van der Waals surface area contributed by atoms with E-state index in [1.807, 2.05) is 0 Å². The molecule has 1 atom stereocenters. The molecule has 0 spiro atoms. The minimum atomic E-state index is -4.31. The fourth-order valence-electron chi connectivity index (χ4n) is 1.65. The van der Waals surface area contributed by atoms with Crippen LogP contribution in [0.2, 0.25) is 0 Å². The molecule has 0 amide bonds. The van der Waals surface area contributed by atoms with Gasteiger partial charge < -0.3 is 0 Å². The van der Waals surface area contributed by atoms with Crippen molar-refractivity contribution in [2.75, 3.05) is 0 Å². The Bertz CT molecular complexity index is 446. The lowest BCUT2D eigenvalue weighted by Gasteiger charge is -2.26. The number of hydrogen-bond donors (Lipinski definition) is 0. The van der Waals surface area contributed by atoms with Crippen molar-refractivity contribution in [3.63, 3.8) is 0 Å². The normalized spacial score (nSPS) is 18.7. The van der Waals surface area contributed by atoms with E-state index in [-0.39, 0.29) is 6.04 Å². The number of alkyl halides is 3. The Hall–Kier alpha value is -1.61. The van der Waals surface area contributed by atoms with Crippen LogP contribution >= 0.6 is 0 Å². The zero-order valence-corrected chi connectivity index (χ0v) is 7.51. The van der Waals surface area contributed by atoms with Crippen molar-refractivity contribution in [1.29, 1.82) is 0 Å². The van der Waals surface area contributed by atoms with Gasteiger partial charge in [-0.15, -0.1) is 0 Å². The van der Waals surface area contributed by atoms with E-state index in [1.165, 1.54) is 12.1 Å². The molecule has 15 heavy (non-hydrogen) atoms. The summed E-state index contributed by atoms with van der Waals surface area (Å²) in [5.41, 5.74) is 0.634. The summed E-state index contributed by atoms with van der Waals surface area (Å²) < 4.78 is 36.8. The highest BCUT2D eigenvalue weighted by molar-refractivity contribution is 5.46. The first-order valence-electron chi connectivity index (χ1n) is 4.29. The second-order valence-electron chi connectivity index (χ2n) is 3.35. The maximum atomic E-state index is 12.3. The van der Waals surface area contributed by atoms with Gasteiger partial charge in [-0.25, -0.2) is 4.79 Å². The number of carbonyl (C=O) groups excluding carboxylic acids is 1. The predicted octanol–water partition coefficient (Wildman–Crippen LogP) is 2.64. The van der Waals surface area contributed by atoms with Crippen molar-refractivity contribution in [2.24, 2.45) is 4.99 Å². The molecular formula is C10H6F3NO. The van der Waals surface area contributed by atoms with E-state index in [2.05, 4.69) is 4.99 Å². The van der Waals surface area contributed by atoms with Crippen LogP contribution in [0, 0.1) is 0 Å². The summed E-state index contributed by atoms with van der Waals surface area (Å²) in [5.74, 6) is 0. The minimum absolute atomic E-state index is 0.306. The van der Waals surface area contributed by atoms with Crippen LogP contribution in [0.5, 0.6) is 0 Å². The lowest BCUT2D eigenvalue weighted by Crippen LogP contribution is -2.17. The van der Waals surface area contributed by atoms with Gasteiger partial charge >= 0.3 is 6.18 Å². The van der Waals surface area contributed by atoms with E-state index in [0.717, 1.165) is 12.1 Å². The Morgan fingerprint density at radius 2 is 2.13 bits per heavy atom. The molecule has 0 aliphatic heterocycles. The van der Waals surface area contributed by atoms with Crippen LogP contribution in [0.1, 0.15) is 22.7 Å². The third kappa shape index (κ3) is 1.66. The second kappa shape index (κ2) is 3.21. The smallest absolute Gasteiger partial charge is 0.211 e. The molecule has 0 saturated carbocycles. The van der Waals surface area contributed by atoms with E-state index in [9.17, 15) is 18.0 Å². The zero-order chi connectivity index (χ0) is 11.1. The van der Waals surface area contributed by atoms with Crippen molar-refractivity contribution in [3.05, 3.63) is 34.9 Å².